The first kappa shape index (κ1) is 75.5. The number of nitrogens with zero attached hydrogens (tertiary/aromatic N) is 8. The average molecular weight is 1340 g/mol. The van der Waals surface area contributed by atoms with Crippen LogP contribution in [0, 0.1) is 0 Å². The van der Waals surface area contributed by atoms with Gasteiger partial charge in [0.2, 0.25) is 5.91 Å². The van der Waals surface area contributed by atoms with E-state index < -0.39 is 0 Å². The van der Waals surface area contributed by atoms with Crippen molar-refractivity contribution in [2.45, 2.75) is 59.0 Å². The first-order valence-electron chi connectivity index (χ1n) is 33.9. The predicted molar refractivity (Wildman–Crippen MR) is 373 cm³/mol. The van der Waals surface area contributed by atoms with Crippen LogP contribution < -0.4 is 20.1 Å². The third-order valence-electron chi connectivity index (χ3n) is 15.9. The number of ketones is 1. The molecule has 22 nitrogen and oxygen atoms in total. The van der Waals surface area contributed by atoms with Crippen molar-refractivity contribution in [3.63, 3.8) is 0 Å². The Hall–Kier alpha value is -8.23. The number of aromatic nitrogens is 4. The number of unbranched alkanes of at least 4 members (excludes halogenated alkanes) is 1. The monoisotopic (exact) mass is 1340 g/mol. The largest absolute Gasteiger partial charge is 0.871 e. The van der Waals surface area contributed by atoms with Gasteiger partial charge in [-0.3, -0.25) is 39.3 Å². The summed E-state index contributed by atoms with van der Waals surface area (Å²) in [6.45, 7) is 16.1. The van der Waals surface area contributed by atoms with E-state index >= 15 is 0 Å². The van der Waals surface area contributed by atoms with E-state index in [1.54, 1.807) is 14.2 Å². The van der Waals surface area contributed by atoms with E-state index in [2.05, 4.69) is 62.7 Å². The molecule has 0 atom stereocenters. The van der Waals surface area contributed by atoms with Gasteiger partial charge in [-0.1, -0.05) is 48.2 Å². The molecule has 4 aromatic heterocycles. The number of allylic oxidation sites excluding steroid dienone is 7. The summed E-state index contributed by atoms with van der Waals surface area (Å²) in [6, 6.07) is 37.9. The Bertz CT molecular complexity index is 3200. The van der Waals surface area contributed by atoms with Crippen LogP contribution in [0.1, 0.15) is 59.2 Å². The highest BCUT2D eigenvalue weighted by Gasteiger charge is 2.31. The number of ether oxygens (including phenoxy) is 10. The number of pyridine rings is 4. The lowest BCUT2D eigenvalue weighted by Crippen LogP contribution is -2.32. The minimum absolute atomic E-state index is 0.0707. The summed E-state index contributed by atoms with van der Waals surface area (Å²) in [5.74, 6) is 0.0168. The van der Waals surface area contributed by atoms with Crippen LogP contribution in [0.3, 0.4) is 0 Å². The van der Waals surface area contributed by atoms with Crippen molar-refractivity contribution < 1.29 is 66.6 Å². The molecule has 0 radical (unpaired) electrons. The second-order valence-electron chi connectivity index (χ2n) is 23.2. The summed E-state index contributed by atoms with van der Waals surface area (Å²) in [6.07, 6.45) is 16.2. The number of hydrogen-bond acceptors (Lipinski definition) is 20. The van der Waals surface area contributed by atoms with E-state index in [9.17, 15) is 14.7 Å². The molecule has 0 spiro atoms. The Morgan fingerprint density at radius 3 is 1.39 bits per heavy atom. The number of benzene rings is 2. The molecule has 2 aromatic carbocycles. The zero-order valence-corrected chi connectivity index (χ0v) is 57.2. The molecular formula is C76H97N9O13. The standard InChI is InChI=1S/C76H97N9O13/c1-4-84(69-23-19-63(20-24-69)73-75(87)74(76(73)88)64-21-25-70(26-22-64)85(33-36-91-43-45-95-49-47-93-41-39-89-2)34-37-92-44-46-96-50-48-94-42-40-90-3)32-38-97-60-72(86)81-31-13-14-35-98-71-52-61(54-82(56-65-15-5-9-27-77-65)57-66-16-6-10-28-78-66)51-62(53-71)55-83(58-67-17-7-11-29-79-67)59-68-18-8-12-30-80-68/h5-12,15-30,51-53H,4,13-14,31-50,54-60H2,1-3H3,(H-,81,86,87,88). The maximum atomic E-state index is 13.7. The normalized spacial score (nSPS) is 12.9. The molecule has 98 heavy (non-hydrogen) atoms. The summed E-state index contributed by atoms with van der Waals surface area (Å²) in [5, 5.41) is 16.7. The molecule has 524 valence electrons. The second-order valence-corrected chi connectivity index (χ2v) is 23.2. The average Bonchev–Trinajstić information content (AvgIpc) is 0.750. The Balaban J connectivity index is 0.785. The van der Waals surface area contributed by atoms with E-state index in [1.807, 2.05) is 153 Å². The number of carbonyl (C=O) groups excluding carboxylic acids is 2. The molecule has 0 saturated carbocycles. The molecule has 0 fully saturated rings. The van der Waals surface area contributed by atoms with E-state index in [0.717, 1.165) is 63.9 Å². The Kier molecular flexibility index (Phi) is 34.4. The SMILES string of the molecule is CCN(CCOCC(=O)NCCCCOc1cc(CN(Cc2ccccn2)Cc2ccccn2)cc(CN(Cc2ccccn2)Cc2ccccn2)c1)c1ccc(C2=C([O-])C(=C3C=CC(=[N+](CCOCCOCCOCCOC)CCOCCOCCOCCOC)C=C3)C2=O)cc1. The molecule has 2 aliphatic rings. The van der Waals surface area contributed by atoms with Gasteiger partial charge in [0.25, 0.3) is 0 Å². The molecule has 0 saturated heterocycles. The van der Waals surface area contributed by atoms with E-state index in [4.69, 9.17) is 47.4 Å². The lowest BCUT2D eigenvalue weighted by Gasteiger charge is -2.32. The van der Waals surface area contributed by atoms with E-state index in [1.165, 1.54) is 0 Å². The van der Waals surface area contributed by atoms with Gasteiger partial charge in [-0.15, -0.1) is 0 Å². The summed E-state index contributed by atoms with van der Waals surface area (Å²) >= 11 is 0. The van der Waals surface area contributed by atoms with Crippen molar-refractivity contribution in [2.75, 3.05) is 164 Å². The van der Waals surface area contributed by atoms with Gasteiger partial charge in [0.1, 0.15) is 25.6 Å². The molecule has 1 N–H and O–H groups in total. The van der Waals surface area contributed by atoms with Gasteiger partial charge < -0.3 is 62.7 Å². The summed E-state index contributed by atoms with van der Waals surface area (Å²) < 4.78 is 58.5. The second kappa shape index (κ2) is 44.6. The zero-order chi connectivity index (χ0) is 68.5. The number of rotatable bonds is 50. The van der Waals surface area contributed by atoms with Gasteiger partial charge in [0.15, 0.2) is 24.6 Å². The van der Waals surface area contributed by atoms with Gasteiger partial charge >= 0.3 is 0 Å². The summed E-state index contributed by atoms with van der Waals surface area (Å²) in [7, 11) is 3.27. The fourth-order valence-corrected chi connectivity index (χ4v) is 10.9. The first-order chi connectivity index (χ1) is 48.3. The topological polar surface area (TPSA) is 226 Å². The minimum Gasteiger partial charge on any atom is -0.871 e. The smallest absolute Gasteiger partial charge is 0.245 e. The molecule has 4 heterocycles. The van der Waals surface area contributed by atoms with Gasteiger partial charge in [0.05, 0.1) is 115 Å². The Morgan fingerprint density at radius 2 is 0.959 bits per heavy atom. The van der Waals surface area contributed by atoms with Crippen LogP contribution in [0.25, 0.3) is 5.57 Å². The Labute approximate surface area is 577 Å². The van der Waals surface area contributed by atoms with Crippen LogP contribution >= 0.6 is 0 Å². The van der Waals surface area contributed by atoms with Crippen molar-refractivity contribution >= 4 is 28.7 Å². The highest BCUT2D eigenvalue weighted by Crippen LogP contribution is 2.38. The maximum absolute atomic E-state index is 13.7. The summed E-state index contributed by atoms with van der Waals surface area (Å²) in [4.78, 5) is 52.1. The molecular weight excluding hydrogens is 1250 g/mol. The van der Waals surface area contributed by atoms with Crippen molar-refractivity contribution in [3.05, 3.63) is 221 Å². The third kappa shape index (κ3) is 27.2. The number of nitrogens with one attached hydrogen (secondary N) is 1. The quantitative estimate of drug-likeness (QED) is 0.0223. The van der Waals surface area contributed by atoms with Crippen molar-refractivity contribution in [3.8, 4) is 5.75 Å². The van der Waals surface area contributed by atoms with Crippen LogP contribution in [-0.2, 0) is 91.5 Å². The van der Waals surface area contributed by atoms with Gasteiger partial charge in [-0.05, 0) is 127 Å². The molecule has 2 aliphatic carbocycles. The fourth-order valence-electron chi connectivity index (χ4n) is 10.9. The van der Waals surface area contributed by atoms with Gasteiger partial charge in [-0.25, -0.2) is 4.58 Å². The molecule has 6 aromatic rings. The number of methoxy groups -OCH3 is 2. The molecule has 8 rings (SSSR count). The molecule has 0 unspecified atom stereocenters. The predicted octanol–water partition coefficient (Wildman–Crippen LogP) is 7.41. The third-order valence-corrected chi connectivity index (χ3v) is 15.9. The number of anilines is 1. The molecule has 22 heteroatoms. The number of carbonyl (C=O) groups is 2. The number of likely N-dealkylation sites (N-methyl/N-ethyl adjacent to an activating group) is 1. The lowest BCUT2D eigenvalue weighted by atomic mass is 9.80. The van der Waals surface area contributed by atoms with Crippen molar-refractivity contribution in [1.29, 1.82) is 0 Å². The molecule has 0 bridgehead atoms. The van der Waals surface area contributed by atoms with Crippen LogP contribution in [0.4, 0.5) is 5.69 Å². The number of hydrogen-bond donors (Lipinski definition) is 1. The minimum atomic E-state index is -0.285. The van der Waals surface area contributed by atoms with Crippen molar-refractivity contribution in [2.24, 2.45) is 0 Å². The van der Waals surface area contributed by atoms with Crippen LogP contribution in [0.15, 0.2) is 181 Å². The van der Waals surface area contributed by atoms with Crippen LogP contribution in [0.5, 0.6) is 5.75 Å². The first-order valence-corrected chi connectivity index (χ1v) is 33.9. The zero-order valence-electron chi connectivity index (χ0n) is 57.2. The molecule has 0 aliphatic heterocycles. The highest BCUT2D eigenvalue weighted by atomic mass is 16.6. The Morgan fingerprint density at radius 1 is 0.500 bits per heavy atom. The summed E-state index contributed by atoms with van der Waals surface area (Å²) in [5.41, 5.74) is 9.37. The number of amides is 1. The maximum Gasteiger partial charge on any atom is 0.245 e. The van der Waals surface area contributed by atoms with Crippen molar-refractivity contribution in [1.82, 2.24) is 35.1 Å². The number of Topliss-reactive ketones (excluding diaryl/α,β-unsaturated/α-hetero) is 1. The lowest BCUT2D eigenvalue weighted by molar-refractivity contribution is -0.532. The fraction of sp³-hybridized carbons (Fsp3) is 0.434. The van der Waals surface area contributed by atoms with E-state index in [-0.39, 0.29) is 35.2 Å². The van der Waals surface area contributed by atoms with Gasteiger partial charge in [-0.2, -0.15) is 0 Å². The van der Waals surface area contributed by atoms with Gasteiger partial charge in [0, 0.05) is 127 Å². The molecule has 1 amide bonds. The highest BCUT2D eigenvalue weighted by molar-refractivity contribution is 6.39. The van der Waals surface area contributed by atoms with Crippen LogP contribution in [-0.4, -0.2) is 211 Å². The van der Waals surface area contributed by atoms with Crippen LogP contribution in [0.2, 0.25) is 0 Å². The van der Waals surface area contributed by atoms with E-state index in [0.29, 0.717) is 189 Å².